The molecule has 33 heavy (non-hydrogen) atoms. The van der Waals surface area contributed by atoms with Crippen LogP contribution in [0.25, 0.3) is 5.82 Å². The van der Waals surface area contributed by atoms with E-state index in [1.807, 2.05) is 30.5 Å². The average Bonchev–Trinajstić information content (AvgIpc) is 3.07. The van der Waals surface area contributed by atoms with E-state index < -0.39 is 32.0 Å². The van der Waals surface area contributed by atoms with Gasteiger partial charge < -0.3 is 13.7 Å². The maximum Gasteiger partial charge on any atom is 0.318 e. The molecule has 2 aromatic rings. The fourth-order valence-corrected chi connectivity index (χ4v) is 5.71. The highest BCUT2D eigenvalue weighted by Gasteiger charge is 2.52. The van der Waals surface area contributed by atoms with Crippen molar-refractivity contribution in [1.82, 2.24) is 14.5 Å². The van der Waals surface area contributed by atoms with Gasteiger partial charge in [-0.2, -0.15) is 0 Å². The molecule has 1 aliphatic rings. The van der Waals surface area contributed by atoms with E-state index in [1.165, 1.54) is 0 Å². The summed E-state index contributed by atoms with van der Waals surface area (Å²) < 4.78 is 29.4. The van der Waals surface area contributed by atoms with Gasteiger partial charge in [0.25, 0.3) is 0 Å². The molecule has 182 valence electrons. The van der Waals surface area contributed by atoms with E-state index in [4.69, 9.17) is 9.16 Å². The zero-order valence-electron chi connectivity index (χ0n) is 21.2. The monoisotopic (exact) mass is 475 g/mol. The normalized spacial score (nSPS) is 24.0. The summed E-state index contributed by atoms with van der Waals surface area (Å²) in [6, 6.07) is 4.03. The lowest BCUT2D eigenvalue weighted by atomic mass is 9.70. The minimum Gasteiger partial charge on any atom is -0.465 e. The Morgan fingerprint density at radius 2 is 1.85 bits per heavy atom. The molecule has 6 nitrogen and oxygen atoms in total. The maximum atomic E-state index is 15.6. The highest BCUT2D eigenvalue weighted by molar-refractivity contribution is 6.74. The van der Waals surface area contributed by atoms with E-state index in [0.717, 1.165) is 11.4 Å². The third-order valence-electron chi connectivity index (χ3n) is 7.35. The molecule has 0 aromatic carbocycles. The van der Waals surface area contributed by atoms with Crippen molar-refractivity contribution >= 4 is 14.3 Å². The van der Waals surface area contributed by atoms with Crippen molar-refractivity contribution < 1.29 is 18.3 Å². The Bertz CT molecular complexity index is 964. The average molecular weight is 476 g/mol. The van der Waals surface area contributed by atoms with Crippen LogP contribution in [0.5, 0.6) is 0 Å². The number of halogens is 1. The Labute approximate surface area is 198 Å². The van der Waals surface area contributed by atoms with Gasteiger partial charge in [0.2, 0.25) is 0 Å². The Morgan fingerprint density at radius 3 is 2.33 bits per heavy atom. The van der Waals surface area contributed by atoms with Gasteiger partial charge in [0.05, 0.1) is 30.8 Å². The van der Waals surface area contributed by atoms with Crippen LogP contribution in [-0.2, 0) is 19.4 Å². The molecule has 0 amide bonds. The standard InChI is InChI=1S/C25H38FN3O3Si/c1-9-31-23(30)25(13-12-20(19(26)14-25)32-33(7,8)24(4,5)6)21-15-28-22(16-27-21)29-17(2)10-11-18(29)3/h10-11,15-16,19-20H,9,12-14H2,1-8H3/t19-,20-,25+/m0/s1. The lowest BCUT2D eigenvalue weighted by Crippen LogP contribution is -2.52. The van der Waals surface area contributed by atoms with E-state index in [-0.39, 0.29) is 18.1 Å². The largest absolute Gasteiger partial charge is 0.465 e. The Morgan fingerprint density at radius 1 is 1.21 bits per heavy atom. The molecule has 0 bridgehead atoms. The van der Waals surface area contributed by atoms with Crippen LogP contribution in [0.15, 0.2) is 24.5 Å². The predicted molar refractivity (Wildman–Crippen MR) is 130 cm³/mol. The molecule has 8 heteroatoms. The van der Waals surface area contributed by atoms with Crippen LogP contribution in [0.4, 0.5) is 4.39 Å². The lowest BCUT2D eigenvalue weighted by molar-refractivity contribution is -0.154. The maximum absolute atomic E-state index is 15.6. The zero-order chi connectivity index (χ0) is 24.6. The predicted octanol–water partition coefficient (Wildman–Crippen LogP) is 5.60. The van der Waals surface area contributed by atoms with E-state index in [9.17, 15) is 4.79 Å². The van der Waals surface area contributed by atoms with Crippen LogP contribution in [0.1, 0.15) is 64.0 Å². The first-order valence-electron chi connectivity index (χ1n) is 11.8. The number of esters is 1. The van der Waals surface area contributed by atoms with E-state index in [2.05, 4.69) is 43.8 Å². The molecule has 0 aliphatic heterocycles. The van der Waals surface area contributed by atoms with Gasteiger partial charge in [0.15, 0.2) is 14.1 Å². The van der Waals surface area contributed by atoms with Gasteiger partial charge in [0, 0.05) is 17.8 Å². The Kier molecular flexibility index (Phi) is 7.20. The number of rotatable bonds is 6. The first kappa shape index (κ1) is 25.6. The van der Waals surface area contributed by atoms with Crippen LogP contribution in [0.3, 0.4) is 0 Å². The minimum absolute atomic E-state index is 0.0132. The van der Waals surface area contributed by atoms with Crippen molar-refractivity contribution in [1.29, 1.82) is 0 Å². The number of nitrogens with zero attached hydrogens (tertiary/aromatic N) is 3. The second kappa shape index (κ2) is 9.29. The number of hydrogen-bond acceptors (Lipinski definition) is 5. The van der Waals surface area contributed by atoms with Crippen molar-refractivity contribution in [3.63, 3.8) is 0 Å². The lowest BCUT2D eigenvalue weighted by Gasteiger charge is -2.44. The number of hydrogen-bond donors (Lipinski definition) is 0. The summed E-state index contributed by atoms with van der Waals surface area (Å²) in [5, 5.41) is -0.0154. The van der Waals surface area contributed by atoms with Crippen LogP contribution < -0.4 is 0 Å². The summed E-state index contributed by atoms with van der Waals surface area (Å²) in [6.07, 6.45) is 2.29. The van der Waals surface area contributed by atoms with E-state index >= 15 is 4.39 Å². The summed E-state index contributed by atoms with van der Waals surface area (Å²) >= 11 is 0. The molecule has 3 rings (SSSR count). The van der Waals surface area contributed by atoms with Crippen LogP contribution in [-0.4, -0.2) is 47.7 Å². The number of carbonyl (C=O) groups excluding carboxylic acids is 1. The number of aryl methyl sites for hydroxylation is 2. The second-order valence-corrected chi connectivity index (χ2v) is 15.4. The van der Waals surface area contributed by atoms with Gasteiger partial charge in [-0.3, -0.25) is 9.78 Å². The van der Waals surface area contributed by atoms with Crippen LogP contribution in [0.2, 0.25) is 18.1 Å². The molecule has 2 heterocycles. The SMILES string of the molecule is CCOC(=O)[C@]1(c2cnc(-n3c(C)ccc3C)cn2)CC[C@H](O[Si](C)(C)C(C)(C)C)[C@@H](F)C1. The highest BCUT2D eigenvalue weighted by Crippen LogP contribution is 2.45. The van der Waals surface area contributed by atoms with Crippen LogP contribution in [0, 0.1) is 13.8 Å². The number of alkyl halides is 1. The quantitative estimate of drug-likeness (QED) is 0.402. The molecular weight excluding hydrogens is 437 g/mol. The molecule has 3 atom stereocenters. The van der Waals surface area contributed by atoms with E-state index in [1.54, 1.807) is 19.3 Å². The number of aromatic nitrogens is 3. The smallest absolute Gasteiger partial charge is 0.318 e. The van der Waals surface area contributed by atoms with Crippen molar-refractivity contribution in [3.05, 3.63) is 41.6 Å². The van der Waals surface area contributed by atoms with Gasteiger partial charge in [0.1, 0.15) is 11.6 Å². The highest BCUT2D eigenvalue weighted by atomic mass is 28.4. The van der Waals surface area contributed by atoms with Crippen LogP contribution >= 0.6 is 0 Å². The third-order valence-corrected chi connectivity index (χ3v) is 11.9. The minimum atomic E-state index is -2.14. The first-order chi connectivity index (χ1) is 15.3. The molecule has 0 N–H and O–H groups in total. The molecule has 0 unspecified atom stereocenters. The molecule has 2 aromatic heterocycles. The van der Waals surface area contributed by atoms with Crippen molar-refractivity contribution in [2.45, 2.75) is 96.6 Å². The van der Waals surface area contributed by atoms with Gasteiger partial charge in [-0.05, 0) is 63.9 Å². The Hall–Kier alpha value is -2.06. The summed E-state index contributed by atoms with van der Waals surface area (Å²) in [5.41, 5.74) is 1.39. The third kappa shape index (κ3) is 4.92. The van der Waals surface area contributed by atoms with Gasteiger partial charge >= 0.3 is 5.97 Å². The number of ether oxygens (including phenoxy) is 1. The molecule has 1 aliphatic carbocycles. The topological polar surface area (TPSA) is 66.2 Å². The van der Waals surface area contributed by atoms with Crippen molar-refractivity contribution in [2.75, 3.05) is 6.61 Å². The summed E-state index contributed by atoms with van der Waals surface area (Å²) in [7, 11) is -2.14. The molecule has 0 radical (unpaired) electrons. The molecular formula is C25H38FN3O3Si. The van der Waals surface area contributed by atoms with Crippen molar-refractivity contribution in [3.8, 4) is 5.82 Å². The Balaban J connectivity index is 1.90. The first-order valence-corrected chi connectivity index (χ1v) is 14.7. The van der Waals surface area contributed by atoms with E-state index in [0.29, 0.717) is 24.4 Å². The molecule has 0 spiro atoms. The van der Waals surface area contributed by atoms with Gasteiger partial charge in [-0.1, -0.05) is 20.8 Å². The summed E-state index contributed by atoms with van der Waals surface area (Å²) in [5.74, 6) is 0.235. The van der Waals surface area contributed by atoms with Crippen molar-refractivity contribution in [2.24, 2.45) is 0 Å². The molecule has 1 saturated carbocycles. The second-order valence-electron chi connectivity index (χ2n) is 10.7. The summed E-state index contributed by atoms with van der Waals surface area (Å²) in [4.78, 5) is 22.3. The van der Waals surface area contributed by atoms with Gasteiger partial charge in [-0.15, -0.1) is 0 Å². The molecule has 1 fully saturated rings. The molecule has 0 saturated heterocycles. The fraction of sp³-hybridized carbons (Fsp3) is 0.640. The summed E-state index contributed by atoms with van der Waals surface area (Å²) in [6.45, 7) is 16.7. The zero-order valence-corrected chi connectivity index (χ0v) is 22.2. The fourth-order valence-electron chi connectivity index (χ4n) is 4.33. The number of carbonyl (C=O) groups is 1. The van der Waals surface area contributed by atoms with Gasteiger partial charge in [-0.25, -0.2) is 9.37 Å².